The minimum Gasteiger partial charge on any atom is -0.385 e. The van der Waals surface area contributed by atoms with Crippen LogP contribution in [-0.2, 0) is 11.2 Å². The maximum Gasteiger partial charge on any atom is 0.322 e. The fourth-order valence-corrected chi connectivity index (χ4v) is 3.97. The molecule has 0 fully saturated rings. The van der Waals surface area contributed by atoms with Gasteiger partial charge in [-0.2, -0.15) is 4.98 Å². The van der Waals surface area contributed by atoms with Gasteiger partial charge in [-0.1, -0.05) is 48.5 Å². The quantitative estimate of drug-likeness (QED) is 0.490. The average Bonchev–Trinajstić information content (AvgIpc) is 3.31. The van der Waals surface area contributed by atoms with Crippen molar-refractivity contribution in [2.45, 2.75) is 32.7 Å². The van der Waals surface area contributed by atoms with Gasteiger partial charge in [0, 0.05) is 31.5 Å². The van der Waals surface area contributed by atoms with Crippen LogP contribution in [-0.4, -0.2) is 41.3 Å². The molecule has 2 amide bonds. The lowest BCUT2D eigenvalue weighted by atomic mass is 9.93. The van der Waals surface area contributed by atoms with Crippen molar-refractivity contribution in [3.8, 4) is 11.4 Å². The number of nitrogens with one attached hydrogen (secondary N) is 1. The molecule has 1 aliphatic heterocycles. The van der Waals surface area contributed by atoms with Gasteiger partial charge in [-0.15, -0.1) is 0 Å². The number of ether oxygens (including phenoxy) is 1. The number of aryl methyl sites for hydroxylation is 1. The van der Waals surface area contributed by atoms with Crippen LogP contribution in [0.1, 0.15) is 43.3 Å². The van der Waals surface area contributed by atoms with E-state index in [9.17, 15) is 9.18 Å². The van der Waals surface area contributed by atoms with Crippen molar-refractivity contribution < 1.29 is 18.4 Å². The summed E-state index contributed by atoms with van der Waals surface area (Å²) in [5.74, 6) is 0.193. The predicted molar refractivity (Wildman–Crippen MR) is 123 cm³/mol. The number of allylic oxidation sites excluding steroid dienone is 1. The van der Waals surface area contributed by atoms with E-state index in [1.807, 2.05) is 31.2 Å². The van der Waals surface area contributed by atoms with E-state index in [0.29, 0.717) is 30.7 Å². The number of urea groups is 1. The normalized spacial score (nSPS) is 16.3. The number of hydrogen-bond donors (Lipinski definition) is 1. The summed E-state index contributed by atoms with van der Waals surface area (Å²) < 4.78 is 24.5. The van der Waals surface area contributed by atoms with Gasteiger partial charge in [0.15, 0.2) is 0 Å². The molecule has 7 nitrogen and oxygen atoms in total. The zero-order valence-corrected chi connectivity index (χ0v) is 19.0. The molecule has 1 aliphatic rings. The van der Waals surface area contributed by atoms with Crippen molar-refractivity contribution in [2.75, 3.05) is 20.3 Å². The molecule has 0 bridgehead atoms. The number of carbonyl (C=O) groups is 1. The van der Waals surface area contributed by atoms with Gasteiger partial charge in [-0.05, 0) is 43.0 Å². The van der Waals surface area contributed by atoms with Gasteiger partial charge in [-0.3, -0.25) is 4.90 Å². The third kappa shape index (κ3) is 4.80. The molecule has 0 saturated heterocycles. The third-order valence-electron chi connectivity index (χ3n) is 5.79. The van der Waals surface area contributed by atoms with E-state index in [2.05, 4.69) is 22.4 Å². The zero-order chi connectivity index (χ0) is 23.4. The van der Waals surface area contributed by atoms with Crippen LogP contribution >= 0.6 is 0 Å². The van der Waals surface area contributed by atoms with Crippen molar-refractivity contribution in [2.24, 2.45) is 0 Å². The smallest absolute Gasteiger partial charge is 0.322 e. The molecule has 2 heterocycles. The first-order chi connectivity index (χ1) is 16.0. The minimum absolute atomic E-state index is 0.193. The Morgan fingerprint density at radius 3 is 2.70 bits per heavy atom. The Balaban J connectivity index is 1.76. The van der Waals surface area contributed by atoms with E-state index in [1.165, 1.54) is 17.7 Å². The van der Waals surface area contributed by atoms with Gasteiger partial charge in [-0.25, -0.2) is 9.18 Å². The molecule has 1 aromatic heterocycles. The second kappa shape index (κ2) is 9.95. The number of rotatable bonds is 8. The highest BCUT2D eigenvalue weighted by molar-refractivity contribution is 5.86. The SMILES string of the molecule is CCc1ccc(C2NC(=O)N(CCCOC)C(C)=C2c2nc(-c3cccc(F)c3)no2)cc1. The summed E-state index contributed by atoms with van der Waals surface area (Å²) in [6.07, 6.45) is 1.61. The first-order valence-electron chi connectivity index (χ1n) is 11.0. The third-order valence-corrected chi connectivity index (χ3v) is 5.79. The fraction of sp³-hybridized carbons (Fsp3) is 0.320. The fourth-order valence-electron chi connectivity index (χ4n) is 3.97. The summed E-state index contributed by atoms with van der Waals surface area (Å²) >= 11 is 0. The maximum atomic E-state index is 13.7. The van der Waals surface area contributed by atoms with E-state index < -0.39 is 6.04 Å². The molecule has 8 heteroatoms. The first kappa shape index (κ1) is 22.7. The van der Waals surface area contributed by atoms with Crippen molar-refractivity contribution in [1.82, 2.24) is 20.4 Å². The van der Waals surface area contributed by atoms with Crippen LogP contribution in [0.3, 0.4) is 0 Å². The minimum atomic E-state index is -0.456. The van der Waals surface area contributed by atoms with Crippen LogP contribution in [0.4, 0.5) is 9.18 Å². The summed E-state index contributed by atoms with van der Waals surface area (Å²) in [6, 6.07) is 13.5. The van der Waals surface area contributed by atoms with E-state index >= 15 is 0 Å². The van der Waals surface area contributed by atoms with Crippen LogP contribution < -0.4 is 5.32 Å². The van der Waals surface area contributed by atoms with Crippen molar-refractivity contribution in [1.29, 1.82) is 0 Å². The molecule has 0 aliphatic carbocycles. The Morgan fingerprint density at radius 1 is 1.21 bits per heavy atom. The highest BCUT2D eigenvalue weighted by Gasteiger charge is 2.35. The van der Waals surface area contributed by atoms with E-state index in [-0.39, 0.29) is 23.6 Å². The molecule has 4 rings (SSSR count). The van der Waals surface area contributed by atoms with Gasteiger partial charge in [0.2, 0.25) is 5.82 Å². The van der Waals surface area contributed by atoms with Gasteiger partial charge in [0.25, 0.3) is 5.89 Å². The Bertz CT molecular complexity index is 1160. The molecule has 0 spiro atoms. The van der Waals surface area contributed by atoms with E-state index in [1.54, 1.807) is 24.1 Å². The van der Waals surface area contributed by atoms with Crippen LogP contribution in [0, 0.1) is 5.82 Å². The lowest BCUT2D eigenvalue weighted by Gasteiger charge is -2.35. The van der Waals surface area contributed by atoms with Gasteiger partial charge in [0.1, 0.15) is 5.82 Å². The van der Waals surface area contributed by atoms with E-state index in [4.69, 9.17) is 9.26 Å². The number of hydrogen-bond acceptors (Lipinski definition) is 5. The van der Waals surface area contributed by atoms with Crippen molar-refractivity contribution >= 4 is 11.6 Å². The predicted octanol–water partition coefficient (Wildman–Crippen LogP) is 4.97. The number of halogens is 1. The molecule has 0 radical (unpaired) electrons. The number of nitrogens with zero attached hydrogens (tertiary/aromatic N) is 3. The molecule has 1 N–H and O–H groups in total. The average molecular weight is 451 g/mol. The van der Waals surface area contributed by atoms with Gasteiger partial charge >= 0.3 is 6.03 Å². The molecule has 0 saturated carbocycles. The molecule has 172 valence electrons. The highest BCUT2D eigenvalue weighted by Crippen LogP contribution is 2.37. The summed E-state index contributed by atoms with van der Waals surface area (Å²) in [6.45, 7) is 5.00. The van der Waals surface area contributed by atoms with Crippen LogP contribution in [0.2, 0.25) is 0 Å². The summed E-state index contributed by atoms with van der Waals surface area (Å²) in [4.78, 5) is 19.2. The number of carbonyl (C=O) groups excluding carboxylic acids is 1. The highest BCUT2D eigenvalue weighted by atomic mass is 19.1. The number of methoxy groups -OCH3 is 1. The van der Waals surface area contributed by atoms with Crippen molar-refractivity contribution in [3.05, 3.63) is 77.1 Å². The second-order valence-electron chi connectivity index (χ2n) is 7.91. The van der Waals surface area contributed by atoms with Crippen LogP contribution in [0.5, 0.6) is 0 Å². The topological polar surface area (TPSA) is 80.5 Å². The molecule has 1 atom stereocenters. The molecule has 3 aromatic rings. The lowest BCUT2D eigenvalue weighted by molar-refractivity contribution is 0.174. The number of benzene rings is 2. The van der Waals surface area contributed by atoms with Crippen LogP contribution in [0.25, 0.3) is 17.0 Å². The molecular formula is C25H27FN4O3. The molecule has 33 heavy (non-hydrogen) atoms. The largest absolute Gasteiger partial charge is 0.385 e. The monoisotopic (exact) mass is 450 g/mol. The first-order valence-corrected chi connectivity index (χ1v) is 11.0. The number of aromatic nitrogens is 2. The standard InChI is InChI=1S/C25H27FN4O3/c1-4-17-9-11-18(12-10-17)22-21(16(2)30(25(31)27-22)13-6-14-32-3)24-28-23(29-33-24)19-7-5-8-20(26)15-19/h5,7-12,15,22H,4,6,13-14H2,1-3H3,(H,27,31). The zero-order valence-electron chi connectivity index (χ0n) is 19.0. The van der Waals surface area contributed by atoms with Crippen molar-refractivity contribution in [3.63, 3.8) is 0 Å². The van der Waals surface area contributed by atoms with Gasteiger partial charge in [0.05, 0.1) is 11.6 Å². The lowest BCUT2D eigenvalue weighted by Crippen LogP contribution is -2.46. The maximum absolute atomic E-state index is 13.7. The van der Waals surface area contributed by atoms with Gasteiger partial charge < -0.3 is 14.6 Å². The molecular weight excluding hydrogens is 423 g/mol. The Hall–Kier alpha value is -3.52. The molecule has 1 unspecified atom stereocenters. The summed E-state index contributed by atoms with van der Waals surface area (Å²) in [5, 5.41) is 7.16. The summed E-state index contributed by atoms with van der Waals surface area (Å²) in [5.41, 5.74) is 4.08. The molecule has 2 aromatic carbocycles. The van der Waals surface area contributed by atoms with Crippen LogP contribution in [0.15, 0.2) is 58.8 Å². The summed E-state index contributed by atoms with van der Waals surface area (Å²) in [7, 11) is 1.63. The Labute approximate surface area is 192 Å². The Morgan fingerprint density at radius 2 is 2.00 bits per heavy atom. The Kier molecular flexibility index (Phi) is 6.84. The number of amides is 2. The van der Waals surface area contributed by atoms with E-state index in [0.717, 1.165) is 17.7 Å². The second-order valence-corrected chi connectivity index (χ2v) is 7.91.